The molecule has 1 fully saturated rings. The Hall–Kier alpha value is -0.150. The third-order valence-corrected chi connectivity index (χ3v) is 2.82. The van der Waals surface area contributed by atoms with Crippen molar-refractivity contribution in [2.24, 2.45) is 0 Å². The fourth-order valence-electron chi connectivity index (χ4n) is 1.90. The number of hydrogen-bond acceptors (Lipinski definition) is 2. The molecular formula is C11H22FNO. The maximum atomic E-state index is 11.9. The second-order valence-corrected chi connectivity index (χ2v) is 4.92. The van der Waals surface area contributed by atoms with E-state index < -0.39 is 0 Å². The van der Waals surface area contributed by atoms with E-state index in [0.29, 0.717) is 0 Å². The number of hydrogen-bond donors (Lipinski definition) is 0. The van der Waals surface area contributed by atoms with Gasteiger partial charge in [0, 0.05) is 18.6 Å². The molecule has 14 heavy (non-hydrogen) atoms. The lowest BCUT2D eigenvalue weighted by Gasteiger charge is -2.40. The van der Waals surface area contributed by atoms with E-state index in [4.69, 9.17) is 4.74 Å². The Kier molecular flexibility index (Phi) is 4.32. The Morgan fingerprint density at radius 2 is 1.86 bits per heavy atom. The summed E-state index contributed by atoms with van der Waals surface area (Å²) in [6.45, 7) is 8.74. The second-order valence-electron chi connectivity index (χ2n) is 4.92. The van der Waals surface area contributed by atoms with Crippen LogP contribution in [0.25, 0.3) is 0 Å². The van der Waals surface area contributed by atoms with Gasteiger partial charge in [-0.05, 0) is 33.6 Å². The van der Waals surface area contributed by atoms with Crippen LogP contribution in [0.5, 0.6) is 0 Å². The highest BCUT2D eigenvalue weighted by Crippen LogP contribution is 2.21. The van der Waals surface area contributed by atoms with Gasteiger partial charge in [0.1, 0.15) is 6.67 Å². The molecule has 0 saturated carbocycles. The molecule has 0 aromatic heterocycles. The average molecular weight is 202 g/mol. The SMILES string of the molecule is CC(C)(C)N1CCC(OCC[18F])CC1. The van der Waals surface area contributed by atoms with Crippen LogP contribution in [-0.4, -0.2) is 42.9 Å². The first-order valence-electron chi connectivity index (χ1n) is 5.46. The lowest BCUT2D eigenvalue weighted by Crippen LogP contribution is -2.47. The highest BCUT2D eigenvalue weighted by atomic mass is 18.2. The highest BCUT2D eigenvalue weighted by molar-refractivity contribution is 4.81. The van der Waals surface area contributed by atoms with Crippen molar-refractivity contribution in [1.29, 1.82) is 0 Å². The third kappa shape index (κ3) is 3.54. The molecule has 84 valence electrons. The summed E-state index contributed by atoms with van der Waals surface area (Å²) in [7, 11) is 0. The molecule has 2 nitrogen and oxygen atoms in total. The van der Waals surface area contributed by atoms with Gasteiger partial charge in [-0.2, -0.15) is 0 Å². The van der Waals surface area contributed by atoms with Crippen LogP contribution in [0.3, 0.4) is 0 Å². The fourth-order valence-corrected chi connectivity index (χ4v) is 1.90. The smallest absolute Gasteiger partial charge is 0.113 e. The van der Waals surface area contributed by atoms with Gasteiger partial charge in [-0.3, -0.25) is 4.90 Å². The van der Waals surface area contributed by atoms with Crippen molar-refractivity contribution in [2.45, 2.75) is 45.3 Å². The van der Waals surface area contributed by atoms with Gasteiger partial charge in [-0.15, -0.1) is 0 Å². The largest absolute Gasteiger partial charge is 0.375 e. The molecule has 1 aliphatic heterocycles. The molecule has 0 unspecified atom stereocenters. The summed E-state index contributed by atoms with van der Waals surface area (Å²) < 4.78 is 17.3. The fraction of sp³-hybridized carbons (Fsp3) is 1.00. The quantitative estimate of drug-likeness (QED) is 0.696. The standard InChI is InChI=1S/C11H22FNO/c1-11(2,3)13-7-4-10(5-8-13)14-9-6-12/h10H,4-9H2,1-3H3/i12-1. The minimum atomic E-state index is -0.362. The third-order valence-electron chi connectivity index (χ3n) is 2.82. The van der Waals surface area contributed by atoms with Crippen molar-refractivity contribution in [1.82, 2.24) is 4.90 Å². The van der Waals surface area contributed by atoms with Gasteiger partial charge < -0.3 is 4.74 Å². The molecule has 1 heterocycles. The predicted octanol–water partition coefficient (Wildman–Crippen LogP) is 2.24. The van der Waals surface area contributed by atoms with E-state index in [1.807, 2.05) is 0 Å². The Labute approximate surface area is 86.4 Å². The van der Waals surface area contributed by atoms with Crippen LogP contribution in [0.1, 0.15) is 33.6 Å². The molecule has 0 spiro atoms. The molecule has 0 radical (unpaired) electrons. The molecule has 0 amide bonds. The number of piperidine rings is 1. The van der Waals surface area contributed by atoms with Crippen LogP contribution < -0.4 is 0 Å². The summed E-state index contributed by atoms with van der Waals surface area (Å²) in [6.07, 6.45) is 2.36. The zero-order valence-corrected chi connectivity index (χ0v) is 9.55. The first-order valence-corrected chi connectivity index (χ1v) is 5.46. The van der Waals surface area contributed by atoms with Gasteiger partial charge >= 0.3 is 0 Å². The summed E-state index contributed by atoms with van der Waals surface area (Å²) in [5.74, 6) is 0. The zero-order chi connectivity index (χ0) is 10.6. The molecule has 0 aliphatic carbocycles. The molecule has 1 aliphatic rings. The molecule has 0 atom stereocenters. The second kappa shape index (κ2) is 5.08. The van der Waals surface area contributed by atoms with Crippen molar-refractivity contribution in [3.05, 3.63) is 0 Å². The van der Waals surface area contributed by atoms with Gasteiger partial charge in [-0.25, -0.2) is 4.39 Å². The number of ether oxygens (including phenoxy) is 1. The van der Waals surface area contributed by atoms with Crippen molar-refractivity contribution in [3.8, 4) is 0 Å². The highest BCUT2D eigenvalue weighted by Gasteiger charge is 2.26. The zero-order valence-electron chi connectivity index (χ0n) is 9.55. The number of likely N-dealkylation sites (tertiary alicyclic amines) is 1. The van der Waals surface area contributed by atoms with Gasteiger partial charge in [0.25, 0.3) is 0 Å². The van der Waals surface area contributed by atoms with Crippen molar-refractivity contribution < 1.29 is 9.13 Å². The first kappa shape index (κ1) is 11.9. The van der Waals surface area contributed by atoms with Gasteiger partial charge in [-0.1, -0.05) is 0 Å². The van der Waals surface area contributed by atoms with E-state index >= 15 is 0 Å². The Morgan fingerprint density at radius 1 is 1.29 bits per heavy atom. The van der Waals surface area contributed by atoms with Crippen LogP contribution in [0, 0.1) is 0 Å². The Bertz CT molecular complexity index is 159. The number of nitrogens with zero attached hydrogens (tertiary/aromatic N) is 1. The molecule has 0 N–H and O–H groups in total. The summed E-state index contributed by atoms with van der Waals surface area (Å²) in [6, 6.07) is 0. The van der Waals surface area contributed by atoms with E-state index in [9.17, 15) is 4.39 Å². The van der Waals surface area contributed by atoms with Crippen LogP contribution in [0.4, 0.5) is 4.39 Å². The van der Waals surface area contributed by atoms with Gasteiger partial charge in [0.15, 0.2) is 0 Å². The average Bonchev–Trinajstić information content (AvgIpc) is 2.14. The Morgan fingerprint density at radius 3 is 2.29 bits per heavy atom. The topological polar surface area (TPSA) is 12.5 Å². The first-order chi connectivity index (χ1) is 6.54. The molecule has 0 bridgehead atoms. The normalized spacial score (nSPS) is 21.4. The lowest BCUT2D eigenvalue weighted by atomic mass is 9.99. The van der Waals surface area contributed by atoms with Gasteiger partial charge in [0.05, 0.1) is 12.7 Å². The molecule has 3 heteroatoms. The molecule has 0 aromatic rings. The molecular weight excluding hydrogens is 180 g/mol. The van der Waals surface area contributed by atoms with Crippen molar-refractivity contribution in [3.63, 3.8) is 0 Å². The van der Waals surface area contributed by atoms with E-state index in [2.05, 4.69) is 25.7 Å². The lowest BCUT2D eigenvalue weighted by molar-refractivity contribution is -0.0167. The van der Waals surface area contributed by atoms with Crippen molar-refractivity contribution >= 4 is 0 Å². The maximum absolute atomic E-state index is 11.9. The van der Waals surface area contributed by atoms with Crippen LogP contribution in [-0.2, 0) is 4.74 Å². The predicted molar refractivity (Wildman–Crippen MR) is 56.3 cm³/mol. The summed E-state index contributed by atoms with van der Waals surface area (Å²) in [5, 5.41) is 0. The monoisotopic (exact) mass is 202 g/mol. The minimum absolute atomic E-state index is 0.255. The van der Waals surface area contributed by atoms with Crippen LogP contribution in [0.15, 0.2) is 0 Å². The van der Waals surface area contributed by atoms with E-state index in [-0.39, 0.29) is 24.9 Å². The minimum Gasteiger partial charge on any atom is -0.375 e. The summed E-state index contributed by atoms with van der Waals surface area (Å²) >= 11 is 0. The molecule has 1 saturated heterocycles. The number of halogens is 1. The van der Waals surface area contributed by atoms with Crippen LogP contribution in [0.2, 0.25) is 0 Å². The summed E-state index contributed by atoms with van der Waals surface area (Å²) in [5.41, 5.74) is 0.255. The number of alkyl halides is 1. The van der Waals surface area contributed by atoms with E-state index in [1.165, 1.54) is 0 Å². The van der Waals surface area contributed by atoms with E-state index in [0.717, 1.165) is 25.9 Å². The maximum Gasteiger partial charge on any atom is 0.113 e. The van der Waals surface area contributed by atoms with Crippen molar-refractivity contribution in [2.75, 3.05) is 26.4 Å². The van der Waals surface area contributed by atoms with Gasteiger partial charge in [0.2, 0.25) is 0 Å². The van der Waals surface area contributed by atoms with Crippen LogP contribution >= 0.6 is 0 Å². The molecule has 1 rings (SSSR count). The Balaban J connectivity index is 2.24. The van der Waals surface area contributed by atoms with E-state index in [1.54, 1.807) is 0 Å². The molecule has 0 aromatic carbocycles. The number of rotatable bonds is 3. The summed E-state index contributed by atoms with van der Waals surface area (Å²) in [4.78, 5) is 2.46.